The Hall–Kier alpha value is -0.860. The molecule has 0 bridgehead atoms. The molecular weight excluding hydrogens is 138 g/mol. The minimum atomic E-state index is 0.812. The quantitative estimate of drug-likeness (QED) is 0.622. The molecule has 56 valence electrons. The molecule has 0 spiro atoms. The molecule has 2 nitrogen and oxygen atoms in total. The summed E-state index contributed by atoms with van der Waals surface area (Å²) in [6.07, 6.45) is 0. The van der Waals surface area contributed by atoms with E-state index in [4.69, 9.17) is 5.11 Å². The lowest BCUT2D eigenvalue weighted by molar-refractivity contribution is 0.413. The van der Waals surface area contributed by atoms with Crippen molar-refractivity contribution in [2.75, 3.05) is 0 Å². The largest absolute Gasteiger partial charge is 0.378 e. The Morgan fingerprint density at radius 2 is 2.27 bits per heavy atom. The lowest BCUT2D eigenvalue weighted by Gasteiger charge is -2.01. The molecule has 0 saturated carbocycles. The fourth-order valence-electron chi connectivity index (χ4n) is 1.44. The van der Waals surface area contributed by atoms with Gasteiger partial charge in [0, 0.05) is 13.1 Å². The second-order valence-corrected chi connectivity index (χ2v) is 2.66. The van der Waals surface area contributed by atoms with Gasteiger partial charge in [0.2, 0.25) is 0 Å². The van der Waals surface area contributed by atoms with Gasteiger partial charge in [0.15, 0.2) is 6.61 Å². The van der Waals surface area contributed by atoms with Crippen molar-refractivity contribution in [2.45, 2.75) is 13.1 Å². The second kappa shape index (κ2) is 2.64. The highest BCUT2D eigenvalue weighted by molar-refractivity contribution is 5.40. The van der Waals surface area contributed by atoms with Gasteiger partial charge in [0.25, 0.3) is 0 Å². The van der Waals surface area contributed by atoms with Gasteiger partial charge in [-0.15, -0.1) is 0 Å². The van der Waals surface area contributed by atoms with E-state index < -0.39 is 0 Å². The highest BCUT2D eigenvalue weighted by Crippen LogP contribution is 2.19. The van der Waals surface area contributed by atoms with Gasteiger partial charge in [-0.1, -0.05) is 18.2 Å². The number of aliphatic hydroxyl groups is 1. The molecule has 2 rings (SSSR count). The van der Waals surface area contributed by atoms with E-state index in [0.29, 0.717) is 0 Å². The van der Waals surface area contributed by atoms with E-state index in [1.165, 1.54) is 11.1 Å². The van der Waals surface area contributed by atoms with Gasteiger partial charge < -0.3 is 10.4 Å². The summed E-state index contributed by atoms with van der Waals surface area (Å²) in [6.45, 7) is 3.94. The molecule has 1 aromatic rings. The molecule has 2 radical (unpaired) electrons. The Kier molecular flexibility index (Phi) is 1.64. The molecule has 0 unspecified atom stereocenters. The fourth-order valence-corrected chi connectivity index (χ4v) is 1.44. The van der Waals surface area contributed by atoms with Gasteiger partial charge in [-0.3, -0.25) is 0 Å². The van der Waals surface area contributed by atoms with Gasteiger partial charge in [-0.25, -0.2) is 0 Å². The van der Waals surface area contributed by atoms with Crippen LogP contribution in [0.4, 0.5) is 0 Å². The van der Waals surface area contributed by atoms with Crippen LogP contribution >= 0.6 is 0 Å². The van der Waals surface area contributed by atoms with Crippen molar-refractivity contribution in [3.8, 4) is 0 Å². The SMILES string of the molecule is O[C]c1cccc2c1CNC2. The number of aliphatic hydroxyl groups excluding tert-OH is 1. The van der Waals surface area contributed by atoms with Gasteiger partial charge in [-0.05, 0) is 16.7 Å². The molecular formula is C9H9NO. The number of nitrogens with one attached hydrogen (secondary N) is 1. The Labute approximate surface area is 65.9 Å². The summed E-state index contributed by atoms with van der Waals surface area (Å²) in [5.74, 6) is 0. The molecule has 2 N–H and O–H groups in total. The zero-order valence-electron chi connectivity index (χ0n) is 6.09. The van der Waals surface area contributed by atoms with Crippen molar-refractivity contribution < 1.29 is 5.11 Å². The first kappa shape index (κ1) is 6.83. The maximum Gasteiger partial charge on any atom is 0.162 e. The first-order valence-corrected chi connectivity index (χ1v) is 3.63. The first-order chi connectivity index (χ1) is 5.42. The zero-order chi connectivity index (χ0) is 7.68. The smallest absolute Gasteiger partial charge is 0.162 e. The Morgan fingerprint density at radius 3 is 3.09 bits per heavy atom. The summed E-state index contributed by atoms with van der Waals surface area (Å²) in [7, 11) is 0. The van der Waals surface area contributed by atoms with E-state index in [-0.39, 0.29) is 0 Å². The highest BCUT2D eigenvalue weighted by atomic mass is 16.3. The van der Waals surface area contributed by atoms with Crippen LogP contribution in [0.5, 0.6) is 0 Å². The van der Waals surface area contributed by atoms with E-state index in [0.717, 1.165) is 18.7 Å². The van der Waals surface area contributed by atoms with Crippen molar-refractivity contribution >= 4 is 0 Å². The number of rotatable bonds is 1. The maximum atomic E-state index is 8.72. The van der Waals surface area contributed by atoms with Gasteiger partial charge >= 0.3 is 0 Å². The summed E-state index contributed by atoms with van der Waals surface area (Å²) in [4.78, 5) is 0. The van der Waals surface area contributed by atoms with E-state index >= 15 is 0 Å². The van der Waals surface area contributed by atoms with Crippen LogP contribution < -0.4 is 5.32 Å². The third-order valence-corrected chi connectivity index (χ3v) is 2.01. The standard InChI is InChI=1S/C9H9NO/c11-6-8-3-1-2-7-4-10-5-9(7)8/h1-3,10-11H,4-5H2. The monoisotopic (exact) mass is 147 g/mol. The third-order valence-electron chi connectivity index (χ3n) is 2.01. The van der Waals surface area contributed by atoms with Crippen LogP contribution in [-0.2, 0) is 13.1 Å². The van der Waals surface area contributed by atoms with Crippen LogP contribution in [-0.4, -0.2) is 5.11 Å². The van der Waals surface area contributed by atoms with Crippen LogP contribution in [0.2, 0.25) is 0 Å². The minimum Gasteiger partial charge on any atom is -0.378 e. The third kappa shape index (κ3) is 1.04. The molecule has 1 heterocycles. The molecule has 0 amide bonds. The molecule has 1 aliphatic rings. The van der Waals surface area contributed by atoms with Crippen LogP contribution in [0.3, 0.4) is 0 Å². The molecule has 1 aromatic carbocycles. The van der Waals surface area contributed by atoms with E-state index in [1.54, 1.807) is 0 Å². The summed E-state index contributed by atoms with van der Waals surface area (Å²) in [5.41, 5.74) is 3.26. The Bertz CT molecular complexity index is 270. The van der Waals surface area contributed by atoms with Crippen molar-refractivity contribution in [3.63, 3.8) is 0 Å². The fraction of sp³-hybridized carbons (Fsp3) is 0.222. The second-order valence-electron chi connectivity index (χ2n) is 2.66. The van der Waals surface area contributed by atoms with Crippen molar-refractivity contribution in [3.05, 3.63) is 41.5 Å². The van der Waals surface area contributed by atoms with Crippen molar-refractivity contribution in [2.24, 2.45) is 0 Å². The van der Waals surface area contributed by atoms with Crippen LogP contribution in [0.1, 0.15) is 16.7 Å². The minimum absolute atomic E-state index is 0.812. The summed E-state index contributed by atoms with van der Waals surface area (Å²) in [6, 6.07) is 5.87. The Morgan fingerprint density at radius 1 is 1.36 bits per heavy atom. The average Bonchev–Trinajstić information content (AvgIpc) is 2.50. The lowest BCUT2D eigenvalue weighted by Crippen LogP contribution is -2.00. The highest BCUT2D eigenvalue weighted by Gasteiger charge is 2.12. The van der Waals surface area contributed by atoms with Crippen LogP contribution in [0, 0.1) is 6.61 Å². The lowest BCUT2D eigenvalue weighted by atomic mass is 10.0. The van der Waals surface area contributed by atoms with E-state index in [2.05, 4.69) is 18.0 Å². The number of hydrogen-bond donors (Lipinski definition) is 2. The topological polar surface area (TPSA) is 32.3 Å². The predicted octanol–water partition coefficient (Wildman–Crippen LogP) is 1.05. The average molecular weight is 147 g/mol. The summed E-state index contributed by atoms with van der Waals surface area (Å²) >= 11 is 0. The molecule has 11 heavy (non-hydrogen) atoms. The molecule has 0 aromatic heterocycles. The first-order valence-electron chi connectivity index (χ1n) is 3.63. The Balaban J connectivity index is 2.50. The molecule has 0 saturated heterocycles. The van der Waals surface area contributed by atoms with Crippen molar-refractivity contribution in [1.82, 2.24) is 5.32 Å². The van der Waals surface area contributed by atoms with Crippen LogP contribution in [0.25, 0.3) is 0 Å². The van der Waals surface area contributed by atoms with E-state index in [1.807, 2.05) is 12.1 Å². The molecule has 2 heteroatoms. The molecule has 0 aliphatic carbocycles. The summed E-state index contributed by atoms with van der Waals surface area (Å²) in [5, 5.41) is 11.9. The van der Waals surface area contributed by atoms with E-state index in [9.17, 15) is 0 Å². The van der Waals surface area contributed by atoms with Crippen LogP contribution in [0.15, 0.2) is 18.2 Å². The van der Waals surface area contributed by atoms with Gasteiger partial charge in [0.05, 0.1) is 0 Å². The summed E-state index contributed by atoms with van der Waals surface area (Å²) < 4.78 is 0. The molecule has 0 fully saturated rings. The number of benzene rings is 1. The van der Waals surface area contributed by atoms with Gasteiger partial charge in [0.1, 0.15) is 0 Å². The number of hydrogen-bond acceptors (Lipinski definition) is 2. The van der Waals surface area contributed by atoms with Crippen molar-refractivity contribution in [1.29, 1.82) is 0 Å². The maximum absolute atomic E-state index is 8.72. The number of fused-ring (bicyclic) bond motifs is 1. The molecule has 0 atom stereocenters. The molecule has 1 aliphatic heterocycles. The van der Waals surface area contributed by atoms with Gasteiger partial charge in [-0.2, -0.15) is 0 Å². The normalized spacial score (nSPS) is 15.0. The predicted molar refractivity (Wildman–Crippen MR) is 41.3 cm³/mol. The zero-order valence-corrected chi connectivity index (χ0v) is 6.09.